The average molecular weight is 275 g/mol. The van der Waals surface area contributed by atoms with Crippen molar-refractivity contribution in [2.75, 3.05) is 5.32 Å². The van der Waals surface area contributed by atoms with Crippen LogP contribution >= 0.6 is 0 Å². The Morgan fingerprint density at radius 1 is 1.15 bits per heavy atom. The lowest BCUT2D eigenvalue weighted by molar-refractivity contribution is -0.136. The molecule has 0 aliphatic heterocycles. The molecule has 1 aromatic carbocycles. The van der Waals surface area contributed by atoms with Crippen molar-refractivity contribution in [3.63, 3.8) is 0 Å². The SMILES string of the molecule is CCC(/C=N\NC(=O)C(=O)Nc1ccc(C)cc1)CC. The topological polar surface area (TPSA) is 70.6 Å². The van der Waals surface area contributed by atoms with Gasteiger partial charge >= 0.3 is 11.8 Å². The van der Waals surface area contributed by atoms with E-state index in [0.29, 0.717) is 11.6 Å². The van der Waals surface area contributed by atoms with Gasteiger partial charge in [-0.3, -0.25) is 9.59 Å². The molecule has 108 valence electrons. The number of aryl methyl sites for hydroxylation is 1. The van der Waals surface area contributed by atoms with E-state index in [1.165, 1.54) is 0 Å². The Balaban J connectivity index is 2.47. The molecule has 1 rings (SSSR count). The number of carbonyl (C=O) groups excluding carboxylic acids is 2. The zero-order valence-corrected chi connectivity index (χ0v) is 12.1. The van der Waals surface area contributed by atoms with Gasteiger partial charge in [0.25, 0.3) is 0 Å². The number of rotatable bonds is 5. The van der Waals surface area contributed by atoms with Crippen molar-refractivity contribution >= 4 is 23.7 Å². The monoisotopic (exact) mass is 275 g/mol. The molecule has 0 bridgehead atoms. The largest absolute Gasteiger partial charge is 0.329 e. The first-order valence-electron chi connectivity index (χ1n) is 6.78. The second-order valence-corrected chi connectivity index (χ2v) is 4.62. The Morgan fingerprint density at radius 3 is 2.30 bits per heavy atom. The zero-order chi connectivity index (χ0) is 15.0. The fourth-order valence-corrected chi connectivity index (χ4v) is 1.58. The third-order valence-electron chi connectivity index (χ3n) is 3.02. The van der Waals surface area contributed by atoms with Gasteiger partial charge in [0.1, 0.15) is 0 Å². The highest BCUT2D eigenvalue weighted by Gasteiger charge is 2.12. The van der Waals surface area contributed by atoms with Crippen LogP contribution in [0.25, 0.3) is 0 Å². The summed E-state index contributed by atoms with van der Waals surface area (Å²) in [7, 11) is 0. The summed E-state index contributed by atoms with van der Waals surface area (Å²) >= 11 is 0. The van der Waals surface area contributed by atoms with Crippen molar-refractivity contribution in [3.8, 4) is 0 Å². The van der Waals surface area contributed by atoms with Gasteiger partial charge in [0.2, 0.25) is 0 Å². The molecule has 0 radical (unpaired) electrons. The normalized spacial score (nSPS) is 10.8. The van der Waals surface area contributed by atoms with Crippen LogP contribution in [0.2, 0.25) is 0 Å². The smallest absolute Gasteiger partial charge is 0.318 e. The average Bonchev–Trinajstić information content (AvgIpc) is 2.45. The van der Waals surface area contributed by atoms with Gasteiger partial charge < -0.3 is 5.32 Å². The van der Waals surface area contributed by atoms with Crippen LogP contribution in [0.3, 0.4) is 0 Å². The summed E-state index contributed by atoms with van der Waals surface area (Å²) in [6.45, 7) is 6.04. The highest BCUT2D eigenvalue weighted by molar-refractivity contribution is 6.39. The van der Waals surface area contributed by atoms with E-state index in [1.807, 2.05) is 32.9 Å². The van der Waals surface area contributed by atoms with E-state index in [4.69, 9.17) is 0 Å². The van der Waals surface area contributed by atoms with Gasteiger partial charge in [0.05, 0.1) is 0 Å². The summed E-state index contributed by atoms with van der Waals surface area (Å²) in [4.78, 5) is 23.2. The Labute approximate surface area is 119 Å². The maximum Gasteiger partial charge on any atom is 0.329 e. The number of hydrogen-bond acceptors (Lipinski definition) is 3. The molecular formula is C15H21N3O2. The minimum Gasteiger partial charge on any atom is -0.318 e. The maximum absolute atomic E-state index is 11.6. The first-order valence-corrected chi connectivity index (χ1v) is 6.78. The number of nitrogens with one attached hydrogen (secondary N) is 2. The van der Waals surface area contributed by atoms with Crippen molar-refractivity contribution in [1.29, 1.82) is 0 Å². The maximum atomic E-state index is 11.6. The second-order valence-electron chi connectivity index (χ2n) is 4.62. The number of carbonyl (C=O) groups is 2. The van der Waals surface area contributed by atoms with Crippen LogP contribution in [-0.2, 0) is 9.59 Å². The van der Waals surface area contributed by atoms with Crippen LogP contribution in [0, 0.1) is 12.8 Å². The third-order valence-corrected chi connectivity index (χ3v) is 3.02. The molecule has 5 nitrogen and oxygen atoms in total. The fraction of sp³-hybridized carbons (Fsp3) is 0.400. The molecule has 0 atom stereocenters. The summed E-state index contributed by atoms with van der Waals surface area (Å²) in [6, 6.07) is 7.21. The van der Waals surface area contributed by atoms with Crippen molar-refractivity contribution in [3.05, 3.63) is 29.8 Å². The Hall–Kier alpha value is -2.17. The molecule has 2 amide bonds. The van der Waals surface area contributed by atoms with Gasteiger partial charge in [0.15, 0.2) is 0 Å². The van der Waals surface area contributed by atoms with Crippen molar-refractivity contribution < 1.29 is 9.59 Å². The lowest BCUT2D eigenvalue weighted by Gasteiger charge is -2.05. The molecule has 0 heterocycles. The molecule has 0 aliphatic rings. The predicted molar refractivity (Wildman–Crippen MR) is 80.5 cm³/mol. The molecular weight excluding hydrogens is 254 g/mol. The predicted octanol–water partition coefficient (Wildman–Crippen LogP) is 2.47. The highest BCUT2D eigenvalue weighted by Crippen LogP contribution is 2.08. The molecule has 0 spiro atoms. The van der Waals surface area contributed by atoms with Gasteiger partial charge in [-0.15, -0.1) is 0 Å². The number of nitrogens with zero attached hydrogens (tertiary/aromatic N) is 1. The number of amides is 2. The number of benzene rings is 1. The summed E-state index contributed by atoms with van der Waals surface area (Å²) in [5.74, 6) is -1.18. The van der Waals surface area contributed by atoms with Crippen LogP contribution in [0.4, 0.5) is 5.69 Å². The first kappa shape index (κ1) is 15.9. The highest BCUT2D eigenvalue weighted by atomic mass is 16.2. The minimum atomic E-state index is -0.771. The Bertz CT molecular complexity index is 476. The van der Waals surface area contributed by atoms with Crippen LogP contribution in [0.15, 0.2) is 29.4 Å². The Kier molecular flexibility index (Phi) is 6.43. The summed E-state index contributed by atoms with van der Waals surface area (Å²) < 4.78 is 0. The quantitative estimate of drug-likeness (QED) is 0.492. The molecule has 20 heavy (non-hydrogen) atoms. The van der Waals surface area contributed by atoms with Crippen molar-refractivity contribution in [1.82, 2.24) is 5.43 Å². The Morgan fingerprint density at radius 2 is 1.75 bits per heavy atom. The standard InChI is InChI=1S/C15H21N3O2/c1-4-12(5-2)10-16-18-15(20)14(19)17-13-8-6-11(3)7-9-13/h6-10,12H,4-5H2,1-3H3,(H,17,19)(H,18,20)/b16-10-. The number of hydrogen-bond donors (Lipinski definition) is 2. The van der Waals surface area contributed by atoms with Crippen molar-refractivity contribution in [2.24, 2.45) is 11.0 Å². The second kappa shape index (κ2) is 8.09. The van der Waals surface area contributed by atoms with E-state index in [0.717, 1.165) is 18.4 Å². The molecule has 0 aliphatic carbocycles. The molecule has 0 saturated carbocycles. The van der Waals surface area contributed by atoms with Crippen molar-refractivity contribution in [2.45, 2.75) is 33.6 Å². The molecule has 0 fully saturated rings. The summed E-state index contributed by atoms with van der Waals surface area (Å²) in [6.07, 6.45) is 3.56. The number of hydrazone groups is 1. The summed E-state index contributed by atoms with van der Waals surface area (Å²) in [5, 5.41) is 6.31. The zero-order valence-electron chi connectivity index (χ0n) is 12.1. The molecule has 1 aromatic rings. The van der Waals surface area contributed by atoms with Gasteiger partial charge in [-0.25, -0.2) is 5.43 Å². The van der Waals surface area contributed by atoms with E-state index in [1.54, 1.807) is 18.3 Å². The molecule has 0 aromatic heterocycles. The lowest BCUT2D eigenvalue weighted by Crippen LogP contribution is -2.32. The summed E-state index contributed by atoms with van der Waals surface area (Å²) in [5.41, 5.74) is 3.90. The van der Waals surface area contributed by atoms with E-state index >= 15 is 0 Å². The van der Waals surface area contributed by atoms with Gasteiger partial charge in [-0.2, -0.15) is 5.10 Å². The van der Waals surface area contributed by atoms with E-state index in [9.17, 15) is 9.59 Å². The molecule has 2 N–H and O–H groups in total. The molecule has 0 saturated heterocycles. The van der Waals surface area contributed by atoms with E-state index in [-0.39, 0.29) is 0 Å². The third kappa shape index (κ3) is 5.22. The van der Waals surface area contributed by atoms with Gasteiger partial charge in [-0.1, -0.05) is 31.5 Å². The first-order chi connectivity index (χ1) is 9.56. The molecule has 0 unspecified atom stereocenters. The van der Waals surface area contributed by atoms with Crippen LogP contribution in [0.1, 0.15) is 32.3 Å². The van der Waals surface area contributed by atoms with E-state index in [2.05, 4.69) is 15.8 Å². The van der Waals surface area contributed by atoms with Crippen LogP contribution in [0.5, 0.6) is 0 Å². The number of anilines is 1. The molecule has 5 heteroatoms. The van der Waals surface area contributed by atoms with Gasteiger partial charge in [0, 0.05) is 11.9 Å². The van der Waals surface area contributed by atoms with Gasteiger partial charge in [-0.05, 0) is 37.8 Å². The minimum absolute atomic E-state index is 0.315. The van der Waals surface area contributed by atoms with Crippen LogP contribution in [-0.4, -0.2) is 18.0 Å². The van der Waals surface area contributed by atoms with Crippen LogP contribution < -0.4 is 10.7 Å². The fourth-order valence-electron chi connectivity index (χ4n) is 1.58. The van der Waals surface area contributed by atoms with E-state index < -0.39 is 11.8 Å². The lowest BCUT2D eigenvalue weighted by atomic mass is 10.1.